The van der Waals surface area contributed by atoms with Crippen LogP contribution in [0.25, 0.3) is 0 Å². The quantitative estimate of drug-likeness (QED) is 0.818. The molecule has 0 spiro atoms. The van der Waals surface area contributed by atoms with E-state index in [0.717, 1.165) is 11.4 Å². The van der Waals surface area contributed by atoms with Gasteiger partial charge in [0.2, 0.25) is 0 Å². The van der Waals surface area contributed by atoms with Crippen LogP contribution in [-0.2, 0) is 13.0 Å². The molecule has 0 aliphatic carbocycles. The maximum absolute atomic E-state index is 12.0. The second-order valence-electron chi connectivity index (χ2n) is 4.56. The minimum Gasteiger partial charge on any atom is -0.372 e. The van der Waals surface area contributed by atoms with Gasteiger partial charge >= 0.3 is 0 Å². The third kappa shape index (κ3) is 3.64. The first-order valence-corrected chi connectivity index (χ1v) is 6.59. The van der Waals surface area contributed by atoms with Crippen LogP contribution in [0.4, 0.5) is 5.69 Å². The molecule has 0 unspecified atom stereocenters. The summed E-state index contributed by atoms with van der Waals surface area (Å²) in [6.07, 6.45) is 4.12. The highest BCUT2D eigenvalue weighted by Gasteiger charge is 2.04. The largest absolute Gasteiger partial charge is 0.372 e. The van der Waals surface area contributed by atoms with Gasteiger partial charge in [-0.15, -0.1) is 0 Å². The number of aryl methyl sites for hydroxylation is 2. The van der Waals surface area contributed by atoms with Crippen LogP contribution in [0.5, 0.6) is 0 Å². The number of hydrogen-bond donors (Lipinski definition) is 1. The molecule has 0 fully saturated rings. The van der Waals surface area contributed by atoms with Gasteiger partial charge in [-0.1, -0.05) is 6.07 Å². The smallest absolute Gasteiger partial charge is 0.268 e. The van der Waals surface area contributed by atoms with Gasteiger partial charge in [-0.05, 0) is 12.1 Å². The number of rotatable bonds is 6. The average molecular weight is 273 g/mol. The molecular weight excluding hydrogens is 254 g/mol. The molecule has 106 valence electrons. The zero-order chi connectivity index (χ0) is 14.4. The first kappa shape index (κ1) is 14.2. The molecule has 0 saturated carbocycles. The summed E-state index contributed by atoms with van der Waals surface area (Å²) in [7, 11) is 1.89. The van der Waals surface area contributed by atoms with Crippen molar-refractivity contribution in [3.63, 3.8) is 0 Å². The van der Waals surface area contributed by atoms with Crippen molar-refractivity contribution in [3.8, 4) is 0 Å². The zero-order valence-electron chi connectivity index (χ0n) is 11.6. The predicted octanol–water partition coefficient (Wildman–Crippen LogP) is 0.276. The Morgan fingerprint density at radius 1 is 1.40 bits per heavy atom. The number of nitrogens with zero attached hydrogens (tertiary/aromatic N) is 4. The van der Waals surface area contributed by atoms with Crippen LogP contribution in [0, 0.1) is 0 Å². The van der Waals surface area contributed by atoms with Crippen LogP contribution >= 0.6 is 0 Å². The molecular formula is C14H19N5O. The second kappa shape index (κ2) is 6.81. The van der Waals surface area contributed by atoms with Gasteiger partial charge in [0.15, 0.2) is 0 Å². The lowest BCUT2D eigenvalue weighted by molar-refractivity contribution is 0.572. The Hall–Kier alpha value is -2.21. The third-order valence-corrected chi connectivity index (χ3v) is 3.07. The molecule has 0 aliphatic heterocycles. The zero-order valence-corrected chi connectivity index (χ0v) is 11.6. The normalized spacial score (nSPS) is 10.5. The van der Waals surface area contributed by atoms with E-state index in [1.165, 1.54) is 4.68 Å². The number of nitrogens with two attached hydrogens (primary N) is 1. The van der Waals surface area contributed by atoms with Crippen LogP contribution in [0.1, 0.15) is 5.69 Å². The molecule has 2 aromatic rings. The van der Waals surface area contributed by atoms with Crippen LogP contribution < -0.4 is 16.2 Å². The lowest BCUT2D eigenvalue weighted by Crippen LogP contribution is -2.29. The summed E-state index contributed by atoms with van der Waals surface area (Å²) in [4.78, 5) is 18.1. The molecule has 0 aliphatic rings. The molecule has 0 bridgehead atoms. The SMILES string of the molecule is CN(CCN)c1cnn(CCc2ccccn2)c(=O)c1. The summed E-state index contributed by atoms with van der Waals surface area (Å²) in [6, 6.07) is 7.33. The molecule has 6 nitrogen and oxygen atoms in total. The van der Waals surface area contributed by atoms with Crippen molar-refractivity contribution in [1.82, 2.24) is 14.8 Å². The fourth-order valence-electron chi connectivity index (χ4n) is 1.89. The summed E-state index contributed by atoms with van der Waals surface area (Å²) in [5.41, 5.74) is 7.12. The van der Waals surface area contributed by atoms with E-state index in [1.54, 1.807) is 18.5 Å². The van der Waals surface area contributed by atoms with E-state index in [-0.39, 0.29) is 5.56 Å². The molecule has 0 atom stereocenters. The van der Waals surface area contributed by atoms with Gasteiger partial charge in [0.25, 0.3) is 5.56 Å². The number of hydrogen-bond acceptors (Lipinski definition) is 5. The molecule has 0 aromatic carbocycles. The fraction of sp³-hybridized carbons (Fsp3) is 0.357. The molecule has 20 heavy (non-hydrogen) atoms. The molecule has 2 rings (SSSR count). The summed E-state index contributed by atoms with van der Waals surface area (Å²) >= 11 is 0. The minimum atomic E-state index is -0.109. The van der Waals surface area contributed by atoms with Crippen LogP contribution in [0.3, 0.4) is 0 Å². The average Bonchev–Trinajstić information content (AvgIpc) is 2.47. The Labute approximate surface area is 117 Å². The molecule has 0 saturated heterocycles. The number of anilines is 1. The summed E-state index contributed by atoms with van der Waals surface area (Å²) in [6.45, 7) is 1.76. The number of aromatic nitrogens is 3. The first-order valence-electron chi connectivity index (χ1n) is 6.59. The third-order valence-electron chi connectivity index (χ3n) is 3.07. The maximum Gasteiger partial charge on any atom is 0.268 e. The van der Waals surface area contributed by atoms with Crippen molar-refractivity contribution >= 4 is 5.69 Å². The van der Waals surface area contributed by atoms with E-state index in [0.29, 0.717) is 26.1 Å². The van der Waals surface area contributed by atoms with E-state index in [1.807, 2.05) is 30.1 Å². The van der Waals surface area contributed by atoms with E-state index < -0.39 is 0 Å². The van der Waals surface area contributed by atoms with Gasteiger partial charge in [-0.25, -0.2) is 4.68 Å². The Morgan fingerprint density at radius 3 is 2.90 bits per heavy atom. The van der Waals surface area contributed by atoms with E-state index in [4.69, 9.17) is 5.73 Å². The Kier molecular flexibility index (Phi) is 4.84. The van der Waals surface area contributed by atoms with Crippen molar-refractivity contribution in [3.05, 3.63) is 52.7 Å². The highest BCUT2D eigenvalue weighted by Crippen LogP contribution is 2.06. The lowest BCUT2D eigenvalue weighted by atomic mass is 10.3. The number of pyridine rings is 1. The Balaban J connectivity index is 2.05. The summed E-state index contributed by atoms with van der Waals surface area (Å²) in [5, 5.41) is 4.19. The van der Waals surface area contributed by atoms with Crippen molar-refractivity contribution < 1.29 is 0 Å². The van der Waals surface area contributed by atoms with Gasteiger partial charge < -0.3 is 10.6 Å². The van der Waals surface area contributed by atoms with Crippen LogP contribution in [0.2, 0.25) is 0 Å². The molecule has 2 N–H and O–H groups in total. The lowest BCUT2D eigenvalue weighted by Gasteiger charge is -2.17. The van der Waals surface area contributed by atoms with Crippen LogP contribution in [-0.4, -0.2) is 34.9 Å². The van der Waals surface area contributed by atoms with Crippen molar-refractivity contribution in [2.24, 2.45) is 5.73 Å². The van der Waals surface area contributed by atoms with Gasteiger partial charge in [-0.2, -0.15) is 5.10 Å². The minimum absolute atomic E-state index is 0.109. The van der Waals surface area contributed by atoms with Gasteiger partial charge in [0.05, 0.1) is 18.4 Å². The molecule has 2 heterocycles. The second-order valence-corrected chi connectivity index (χ2v) is 4.56. The Bertz CT molecular complexity index is 596. The maximum atomic E-state index is 12.0. The predicted molar refractivity (Wildman–Crippen MR) is 78.8 cm³/mol. The summed E-state index contributed by atoms with van der Waals surface area (Å²) < 4.78 is 1.45. The topological polar surface area (TPSA) is 77.0 Å². The highest BCUT2D eigenvalue weighted by molar-refractivity contribution is 5.41. The van der Waals surface area contributed by atoms with E-state index in [2.05, 4.69) is 10.1 Å². The van der Waals surface area contributed by atoms with Crippen molar-refractivity contribution in [1.29, 1.82) is 0 Å². The van der Waals surface area contributed by atoms with Crippen molar-refractivity contribution in [2.75, 3.05) is 25.0 Å². The molecule has 0 radical (unpaired) electrons. The summed E-state index contributed by atoms with van der Waals surface area (Å²) in [5.74, 6) is 0. The highest BCUT2D eigenvalue weighted by atomic mass is 16.1. The van der Waals surface area contributed by atoms with E-state index >= 15 is 0 Å². The standard InChI is InChI=1S/C14H19N5O/c1-18(9-6-15)13-10-14(20)19(17-11-13)8-5-12-4-2-3-7-16-12/h2-4,7,10-11H,5-6,8-9,15H2,1H3. The van der Waals surface area contributed by atoms with Crippen LogP contribution in [0.15, 0.2) is 41.5 Å². The number of likely N-dealkylation sites (N-methyl/N-ethyl adjacent to an activating group) is 1. The monoisotopic (exact) mass is 273 g/mol. The van der Waals surface area contributed by atoms with E-state index in [9.17, 15) is 4.79 Å². The van der Waals surface area contributed by atoms with Gasteiger partial charge in [0, 0.05) is 44.5 Å². The molecule has 0 amide bonds. The van der Waals surface area contributed by atoms with Gasteiger partial charge in [0.1, 0.15) is 0 Å². The first-order chi connectivity index (χ1) is 9.70. The molecule has 2 aromatic heterocycles. The fourth-order valence-corrected chi connectivity index (χ4v) is 1.89. The Morgan fingerprint density at radius 2 is 2.25 bits per heavy atom. The van der Waals surface area contributed by atoms with Gasteiger partial charge in [-0.3, -0.25) is 9.78 Å². The van der Waals surface area contributed by atoms with Crippen molar-refractivity contribution in [2.45, 2.75) is 13.0 Å². The molecule has 6 heteroatoms.